The van der Waals surface area contributed by atoms with Gasteiger partial charge in [-0.25, -0.2) is 0 Å². The molecule has 0 bridgehead atoms. The van der Waals surface area contributed by atoms with E-state index in [2.05, 4.69) is 11.4 Å². The summed E-state index contributed by atoms with van der Waals surface area (Å²) in [5.74, 6) is 0.975. The van der Waals surface area contributed by atoms with Crippen molar-refractivity contribution in [2.75, 3.05) is 6.54 Å². The lowest BCUT2D eigenvalue weighted by Gasteiger charge is -2.04. The van der Waals surface area contributed by atoms with Gasteiger partial charge < -0.3 is 9.73 Å². The van der Waals surface area contributed by atoms with Crippen LogP contribution in [0.25, 0.3) is 0 Å². The zero-order chi connectivity index (χ0) is 11.9. The van der Waals surface area contributed by atoms with E-state index in [1.54, 1.807) is 6.26 Å². The van der Waals surface area contributed by atoms with Crippen LogP contribution in [0.4, 0.5) is 0 Å². The van der Waals surface area contributed by atoms with E-state index in [0.29, 0.717) is 0 Å². The van der Waals surface area contributed by atoms with Crippen LogP contribution in [0.15, 0.2) is 47.1 Å². The van der Waals surface area contributed by atoms with E-state index in [1.165, 1.54) is 5.56 Å². The van der Waals surface area contributed by atoms with Crippen LogP contribution < -0.4 is 5.32 Å². The van der Waals surface area contributed by atoms with Crippen molar-refractivity contribution in [3.8, 4) is 0 Å². The fourth-order valence-corrected chi connectivity index (χ4v) is 1.96. The second kappa shape index (κ2) is 6.48. The van der Waals surface area contributed by atoms with E-state index in [9.17, 15) is 0 Å². The Hall–Kier alpha value is -1.25. The second-order valence-electron chi connectivity index (χ2n) is 3.95. The van der Waals surface area contributed by atoms with Crippen molar-refractivity contribution in [1.29, 1.82) is 0 Å². The van der Waals surface area contributed by atoms with Crippen molar-refractivity contribution in [1.82, 2.24) is 5.32 Å². The summed E-state index contributed by atoms with van der Waals surface area (Å²) in [6, 6.07) is 11.9. The second-order valence-corrected chi connectivity index (χ2v) is 4.36. The summed E-state index contributed by atoms with van der Waals surface area (Å²) in [4.78, 5) is 0. The molecule has 0 atom stereocenters. The van der Waals surface area contributed by atoms with E-state index >= 15 is 0 Å². The van der Waals surface area contributed by atoms with Crippen LogP contribution >= 0.6 is 11.6 Å². The zero-order valence-corrected chi connectivity index (χ0v) is 10.4. The van der Waals surface area contributed by atoms with Gasteiger partial charge in [0, 0.05) is 5.02 Å². The SMILES string of the molecule is Clc1ccccc1CCCNCc1ccco1. The van der Waals surface area contributed by atoms with Crippen LogP contribution in [0.5, 0.6) is 0 Å². The van der Waals surface area contributed by atoms with E-state index in [1.807, 2.05) is 30.3 Å². The van der Waals surface area contributed by atoms with Gasteiger partial charge in [-0.2, -0.15) is 0 Å². The highest BCUT2D eigenvalue weighted by molar-refractivity contribution is 6.31. The van der Waals surface area contributed by atoms with Gasteiger partial charge in [-0.1, -0.05) is 29.8 Å². The Kier molecular flexibility index (Phi) is 4.65. The molecule has 0 aliphatic heterocycles. The Bertz CT molecular complexity index is 439. The number of rotatable bonds is 6. The van der Waals surface area contributed by atoms with Crippen molar-refractivity contribution in [3.63, 3.8) is 0 Å². The van der Waals surface area contributed by atoms with Crippen molar-refractivity contribution < 1.29 is 4.42 Å². The minimum Gasteiger partial charge on any atom is -0.468 e. The molecule has 0 radical (unpaired) electrons. The number of aryl methyl sites for hydroxylation is 1. The maximum atomic E-state index is 6.08. The molecule has 2 nitrogen and oxygen atoms in total. The van der Waals surface area contributed by atoms with Gasteiger partial charge in [0.2, 0.25) is 0 Å². The number of hydrogen-bond acceptors (Lipinski definition) is 2. The Morgan fingerprint density at radius 1 is 1.12 bits per heavy atom. The molecule has 0 saturated carbocycles. The average molecular weight is 250 g/mol. The van der Waals surface area contributed by atoms with Crippen LogP contribution in [0.3, 0.4) is 0 Å². The fourth-order valence-electron chi connectivity index (χ4n) is 1.73. The molecule has 0 unspecified atom stereocenters. The predicted molar refractivity (Wildman–Crippen MR) is 70.2 cm³/mol. The topological polar surface area (TPSA) is 25.2 Å². The predicted octanol–water partition coefficient (Wildman–Crippen LogP) is 3.66. The maximum Gasteiger partial charge on any atom is 0.117 e. The molecule has 0 aliphatic rings. The molecule has 2 rings (SSSR count). The van der Waals surface area contributed by atoms with Gasteiger partial charge >= 0.3 is 0 Å². The first-order chi connectivity index (χ1) is 8.36. The van der Waals surface area contributed by atoms with E-state index in [-0.39, 0.29) is 0 Å². The zero-order valence-electron chi connectivity index (χ0n) is 9.66. The monoisotopic (exact) mass is 249 g/mol. The Labute approximate surface area is 107 Å². The average Bonchev–Trinajstić information content (AvgIpc) is 2.84. The smallest absolute Gasteiger partial charge is 0.117 e. The molecule has 0 spiro atoms. The Morgan fingerprint density at radius 3 is 2.76 bits per heavy atom. The third-order valence-corrected chi connectivity index (χ3v) is 3.01. The number of halogens is 1. The van der Waals surface area contributed by atoms with Gasteiger partial charge in [-0.05, 0) is 43.1 Å². The molecule has 0 saturated heterocycles. The highest BCUT2D eigenvalue weighted by atomic mass is 35.5. The molecule has 1 aromatic heterocycles. The van der Waals surface area contributed by atoms with Gasteiger partial charge in [0.25, 0.3) is 0 Å². The number of hydrogen-bond donors (Lipinski definition) is 1. The molecule has 3 heteroatoms. The van der Waals surface area contributed by atoms with Crippen LogP contribution in [-0.4, -0.2) is 6.54 Å². The molecule has 90 valence electrons. The van der Waals surface area contributed by atoms with Gasteiger partial charge in [-0.15, -0.1) is 0 Å². The number of nitrogens with one attached hydrogen (secondary N) is 1. The van der Waals surface area contributed by atoms with Crippen molar-refractivity contribution in [2.24, 2.45) is 0 Å². The van der Waals surface area contributed by atoms with Gasteiger partial charge in [0.05, 0.1) is 12.8 Å². The van der Waals surface area contributed by atoms with Gasteiger partial charge in [0.1, 0.15) is 5.76 Å². The normalized spacial score (nSPS) is 10.6. The van der Waals surface area contributed by atoms with Crippen LogP contribution in [0.1, 0.15) is 17.7 Å². The lowest BCUT2D eigenvalue weighted by Crippen LogP contribution is -2.14. The van der Waals surface area contributed by atoms with Crippen molar-refractivity contribution in [3.05, 3.63) is 59.0 Å². The standard InChI is InChI=1S/C14H16ClNO/c15-14-8-2-1-5-12(14)6-3-9-16-11-13-7-4-10-17-13/h1-2,4-5,7-8,10,16H,3,6,9,11H2. The van der Waals surface area contributed by atoms with E-state index in [0.717, 1.165) is 36.7 Å². The summed E-state index contributed by atoms with van der Waals surface area (Å²) in [7, 11) is 0. The van der Waals surface area contributed by atoms with E-state index < -0.39 is 0 Å². The first kappa shape index (κ1) is 12.2. The highest BCUT2D eigenvalue weighted by Crippen LogP contribution is 2.16. The maximum absolute atomic E-state index is 6.08. The minimum absolute atomic E-state index is 0.787. The largest absolute Gasteiger partial charge is 0.468 e. The summed E-state index contributed by atoms with van der Waals surface area (Å²) in [6.45, 7) is 1.75. The molecule has 2 aromatic rings. The molecule has 17 heavy (non-hydrogen) atoms. The lowest BCUT2D eigenvalue weighted by atomic mass is 10.1. The summed E-state index contributed by atoms with van der Waals surface area (Å²) in [5, 5.41) is 4.20. The highest BCUT2D eigenvalue weighted by Gasteiger charge is 1.99. The van der Waals surface area contributed by atoms with Crippen LogP contribution in [-0.2, 0) is 13.0 Å². The van der Waals surface area contributed by atoms with Crippen molar-refractivity contribution in [2.45, 2.75) is 19.4 Å². The van der Waals surface area contributed by atoms with E-state index in [4.69, 9.17) is 16.0 Å². The first-order valence-corrected chi connectivity index (χ1v) is 6.20. The number of furan rings is 1. The van der Waals surface area contributed by atoms with Crippen LogP contribution in [0, 0.1) is 0 Å². The Balaban J connectivity index is 1.65. The molecular weight excluding hydrogens is 234 g/mol. The summed E-state index contributed by atoms with van der Waals surface area (Å²) in [6.07, 6.45) is 3.77. The van der Waals surface area contributed by atoms with Crippen LogP contribution in [0.2, 0.25) is 5.02 Å². The molecule has 1 aromatic carbocycles. The first-order valence-electron chi connectivity index (χ1n) is 5.83. The summed E-state index contributed by atoms with van der Waals surface area (Å²) >= 11 is 6.08. The quantitative estimate of drug-likeness (QED) is 0.791. The lowest BCUT2D eigenvalue weighted by molar-refractivity contribution is 0.481. The number of benzene rings is 1. The van der Waals surface area contributed by atoms with Gasteiger partial charge in [0.15, 0.2) is 0 Å². The van der Waals surface area contributed by atoms with Gasteiger partial charge in [-0.3, -0.25) is 0 Å². The molecule has 0 aliphatic carbocycles. The summed E-state index contributed by atoms with van der Waals surface area (Å²) in [5.41, 5.74) is 1.22. The Morgan fingerprint density at radius 2 is 2.00 bits per heavy atom. The molecule has 1 heterocycles. The minimum atomic E-state index is 0.787. The molecule has 0 fully saturated rings. The fraction of sp³-hybridized carbons (Fsp3) is 0.286. The summed E-state index contributed by atoms with van der Waals surface area (Å²) < 4.78 is 5.23. The molecular formula is C14H16ClNO. The van der Waals surface area contributed by atoms with Crippen molar-refractivity contribution >= 4 is 11.6 Å². The third-order valence-electron chi connectivity index (χ3n) is 2.64. The molecule has 0 amide bonds. The third kappa shape index (κ3) is 3.91. The molecule has 1 N–H and O–H groups in total.